The van der Waals surface area contributed by atoms with E-state index in [1.807, 2.05) is 0 Å². The van der Waals surface area contributed by atoms with Gasteiger partial charge in [0.25, 0.3) is 0 Å². The van der Waals surface area contributed by atoms with Crippen LogP contribution in [-0.4, -0.2) is 15.7 Å². The van der Waals surface area contributed by atoms with Crippen LogP contribution >= 0.6 is 11.6 Å². The number of hydrogen-bond acceptors (Lipinski definition) is 1. The van der Waals surface area contributed by atoms with Gasteiger partial charge in [0.1, 0.15) is 0 Å². The third kappa shape index (κ3) is 1.65. The van der Waals surface area contributed by atoms with Crippen LogP contribution in [0.25, 0.3) is 0 Å². The van der Waals surface area contributed by atoms with Gasteiger partial charge in [0.05, 0.1) is 0 Å². The zero-order valence-electron chi connectivity index (χ0n) is 4.84. The molecule has 1 aromatic carbocycles. The molecular weight excluding hydrogens is 217 g/mol. The Hall–Kier alpha value is -0.202. The monoisotopic (exact) mass is 220 g/mol. The zero-order chi connectivity index (χ0) is 7.56. The summed E-state index contributed by atoms with van der Waals surface area (Å²) in [6.45, 7) is 0. The van der Waals surface area contributed by atoms with E-state index < -0.39 is 21.5 Å². The standard InChI is InChI=1S/C6H3AsClFO/c8-4-1-2-6(9)5(3-4)7-10/h1-3H. The summed E-state index contributed by atoms with van der Waals surface area (Å²) in [5.41, 5.74) is 0. The van der Waals surface area contributed by atoms with E-state index in [0.29, 0.717) is 5.02 Å². The molecule has 0 saturated heterocycles. The molecule has 0 aliphatic heterocycles. The third-order valence-corrected chi connectivity index (χ3v) is 2.37. The van der Waals surface area contributed by atoms with Crippen LogP contribution in [0.1, 0.15) is 0 Å². The molecule has 0 aromatic heterocycles. The van der Waals surface area contributed by atoms with E-state index >= 15 is 0 Å². The SMILES string of the molecule is O=[As]c1cc(Cl)ccc1F. The summed E-state index contributed by atoms with van der Waals surface area (Å²) in [5, 5.41) is 0.419. The van der Waals surface area contributed by atoms with Gasteiger partial charge >= 0.3 is 68.8 Å². The molecule has 0 unspecified atom stereocenters. The van der Waals surface area contributed by atoms with Crippen molar-refractivity contribution in [1.82, 2.24) is 0 Å². The third-order valence-electron chi connectivity index (χ3n) is 1.01. The molecule has 0 spiro atoms. The first-order chi connectivity index (χ1) is 4.74. The number of rotatable bonds is 1. The summed E-state index contributed by atoms with van der Waals surface area (Å²) < 4.78 is 23.0. The molecule has 0 aliphatic rings. The van der Waals surface area contributed by atoms with Crippen molar-refractivity contribution in [2.45, 2.75) is 0 Å². The Bertz CT molecular complexity index is 264. The summed E-state index contributed by atoms with van der Waals surface area (Å²) in [4.78, 5) is 0. The second kappa shape index (κ2) is 3.27. The Kier molecular flexibility index (Phi) is 2.58. The number of hydrogen-bond donors (Lipinski definition) is 0. The average molecular weight is 220 g/mol. The van der Waals surface area contributed by atoms with E-state index in [4.69, 9.17) is 11.6 Å². The summed E-state index contributed by atoms with van der Waals surface area (Å²) in [5.74, 6) is -0.445. The van der Waals surface area contributed by atoms with Gasteiger partial charge in [-0.1, -0.05) is 0 Å². The van der Waals surface area contributed by atoms with Crippen molar-refractivity contribution >= 4 is 31.6 Å². The quantitative estimate of drug-likeness (QED) is 0.649. The molecule has 1 rings (SSSR count). The summed E-state index contributed by atoms with van der Waals surface area (Å²) in [7, 11) is 0. The van der Waals surface area contributed by atoms with Gasteiger partial charge in [-0.15, -0.1) is 0 Å². The summed E-state index contributed by atoms with van der Waals surface area (Å²) >= 11 is 4.20. The van der Waals surface area contributed by atoms with Crippen LogP contribution in [0, 0.1) is 5.82 Å². The predicted octanol–water partition coefficient (Wildman–Crippen LogP) is 1.15. The van der Waals surface area contributed by atoms with Gasteiger partial charge in [-0.3, -0.25) is 0 Å². The van der Waals surface area contributed by atoms with E-state index in [1.165, 1.54) is 18.2 Å². The first-order valence-corrected chi connectivity index (χ1v) is 4.60. The molecule has 0 heterocycles. The molecule has 0 amide bonds. The molecular formula is C6H3AsClFO. The van der Waals surface area contributed by atoms with Gasteiger partial charge in [-0.25, -0.2) is 0 Å². The minimum absolute atomic E-state index is 0.212. The molecule has 1 aromatic rings. The molecule has 0 atom stereocenters. The van der Waals surface area contributed by atoms with Gasteiger partial charge < -0.3 is 0 Å². The van der Waals surface area contributed by atoms with Gasteiger partial charge in [0.15, 0.2) is 0 Å². The fourth-order valence-corrected chi connectivity index (χ4v) is 1.64. The Morgan fingerprint density at radius 3 is 2.70 bits per heavy atom. The number of benzene rings is 1. The molecule has 10 heavy (non-hydrogen) atoms. The molecule has 0 N–H and O–H groups in total. The molecule has 52 valence electrons. The zero-order valence-corrected chi connectivity index (χ0v) is 7.48. The average Bonchev–Trinajstić information content (AvgIpc) is 1.94. The van der Waals surface area contributed by atoms with E-state index in [9.17, 15) is 8.13 Å². The van der Waals surface area contributed by atoms with Gasteiger partial charge in [0, 0.05) is 0 Å². The Labute approximate surface area is 69.1 Å². The first-order valence-electron chi connectivity index (χ1n) is 2.52. The maximum absolute atomic E-state index is 12.5. The molecule has 0 bridgehead atoms. The van der Waals surface area contributed by atoms with Crippen LogP contribution in [0.3, 0.4) is 0 Å². The van der Waals surface area contributed by atoms with Crippen molar-refractivity contribution in [1.29, 1.82) is 0 Å². The van der Waals surface area contributed by atoms with E-state index in [2.05, 4.69) is 0 Å². The van der Waals surface area contributed by atoms with Crippen LogP contribution in [0.4, 0.5) is 4.39 Å². The fraction of sp³-hybridized carbons (Fsp3) is 0. The fourth-order valence-electron chi connectivity index (χ4n) is 0.556. The predicted molar refractivity (Wildman–Crippen MR) is 37.5 cm³/mol. The van der Waals surface area contributed by atoms with Crippen molar-refractivity contribution in [2.75, 3.05) is 0 Å². The van der Waals surface area contributed by atoms with Crippen LogP contribution < -0.4 is 4.35 Å². The maximum atomic E-state index is 12.5. The molecule has 0 fully saturated rings. The first kappa shape index (κ1) is 7.90. The van der Waals surface area contributed by atoms with Crippen molar-refractivity contribution in [3.8, 4) is 0 Å². The molecule has 0 aliphatic carbocycles. The molecule has 1 nitrogen and oxygen atoms in total. The van der Waals surface area contributed by atoms with Crippen LogP contribution in [0.2, 0.25) is 5.02 Å². The van der Waals surface area contributed by atoms with Gasteiger partial charge in [-0.2, -0.15) is 0 Å². The van der Waals surface area contributed by atoms with Crippen molar-refractivity contribution in [3.63, 3.8) is 0 Å². The van der Waals surface area contributed by atoms with Crippen molar-refractivity contribution in [3.05, 3.63) is 29.0 Å². The number of halogens is 2. The molecule has 0 saturated carbocycles. The van der Waals surface area contributed by atoms with Crippen LogP contribution in [-0.2, 0) is 3.74 Å². The minimum atomic E-state index is -1.31. The Balaban J connectivity index is 3.21. The van der Waals surface area contributed by atoms with Gasteiger partial charge in [0.2, 0.25) is 0 Å². The van der Waals surface area contributed by atoms with Crippen molar-refractivity contribution in [2.24, 2.45) is 0 Å². The van der Waals surface area contributed by atoms with E-state index in [-0.39, 0.29) is 4.35 Å². The Morgan fingerprint density at radius 2 is 2.20 bits per heavy atom. The van der Waals surface area contributed by atoms with Crippen LogP contribution in [0.15, 0.2) is 18.2 Å². The normalized spacial score (nSPS) is 10.2. The summed E-state index contributed by atoms with van der Waals surface area (Å²) in [6, 6.07) is 4.02. The van der Waals surface area contributed by atoms with E-state index in [1.54, 1.807) is 0 Å². The Morgan fingerprint density at radius 1 is 1.50 bits per heavy atom. The van der Waals surface area contributed by atoms with Crippen molar-refractivity contribution < 1.29 is 8.13 Å². The topological polar surface area (TPSA) is 17.1 Å². The molecule has 0 radical (unpaired) electrons. The second-order valence-electron chi connectivity index (χ2n) is 1.69. The van der Waals surface area contributed by atoms with E-state index in [0.717, 1.165) is 0 Å². The van der Waals surface area contributed by atoms with Crippen LogP contribution in [0.5, 0.6) is 0 Å². The summed E-state index contributed by atoms with van der Waals surface area (Å²) in [6.07, 6.45) is 0. The second-order valence-corrected chi connectivity index (χ2v) is 3.52. The van der Waals surface area contributed by atoms with Gasteiger partial charge in [-0.05, 0) is 0 Å². The molecule has 4 heteroatoms.